The largest absolute Gasteiger partial charge is 0.414 e. The van der Waals surface area contributed by atoms with Gasteiger partial charge in [0.1, 0.15) is 0 Å². The van der Waals surface area contributed by atoms with Crippen LogP contribution in [0.1, 0.15) is 40.0 Å². The summed E-state index contributed by atoms with van der Waals surface area (Å²) in [5, 5.41) is 0.271. The number of rotatable bonds is 3. The molecule has 4 heteroatoms. The van der Waals surface area contributed by atoms with Crippen LogP contribution in [0, 0.1) is 0 Å². The predicted octanol–water partition coefficient (Wildman–Crippen LogP) is 4.55. The van der Waals surface area contributed by atoms with Crippen LogP contribution < -0.4 is 0 Å². The van der Waals surface area contributed by atoms with E-state index < -0.39 is 15.5 Å². The van der Waals surface area contributed by atoms with Gasteiger partial charge in [0.05, 0.1) is 7.14 Å². The van der Waals surface area contributed by atoms with Crippen LogP contribution in [-0.4, -0.2) is 33.4 Å². The monoisotopic (exact) mass is 276 g/mol. The molecule has 0 aromatic rings. The fourth-order valence-electron chi connectivity index (χ4n) is 2.18. The molecule has 2 nitrogen and oxygen atoms in total. The van der Waals surface area contributed by atoms with E-state index in [1.807, 2.05) is 13.3 Å². The van der Waals surface area contributed by atoms with Crippen LogP contribution in [-0.2, 0) is 8.99 Å². The zero-order valence-electron chi connectivity index (χ0n) is 12.5. The average Bonchev–Trinajstić information content (AvgIpc) is 2.48. The Morgan fingerprint density at radius 3 is 2.06 bits per heavy atom. The first-order valence-corrected chi connectivity index (χ1v) is 12.2. The van der Waals surface area contributed by atoms with E-state index in [4.69, 9.17) is 4.43 Å². The summed E-state index contributed by atoms with van der Waals surface area (Å²) in [5.41, 5.74) is 0.400. The Labute approximate surface area is 108 Å². The van der Waals surface area contributed by atoms with Gasteiger partial charge < -0.3 is 8.99 Å². The molecule has 0 radical (unpaired) electrons. The fourth-order valence-corrected chi connectivity index (χ4v) is 5.10. The lowest BCUT2D eigenvalue weighted by molar-refractivity contribution is 0.188. The predicted molar refractivity (Wildman–Crippen MR) is 79.2 cm³/mol. The van der Waals surface area contributed by atoms with E-state index >= 15 is 0 Å². The standard InChI is InChI=1S/C13H29O2PSi/c1-13(2,3)17(6,7)15-11-8-9-12(10-11)16(4,5)14/h11-12H,8-10H2,1-7H3/t11-,12+/m1/s1. The van der Waals surface area contributed by atoms with Crippen molar-refractivity contribution in [2.45, 2.75) is 69.9 Å². The van der Waals surface area contributed by atoms with Crippen molar-refractivity contribution in [1.29, 1.82) is 0 Å². The lowest BCUT2D eigenvalue weighted by Gasteiger charge is -2.38. The van der Waals surface area contributed by atoms with Crippen molar-refractivity contribution >= 4 is 15.5 Å². The molecule has 1 aliphatic carbocycles. The Balaban J connectivity index is 2.60. The molecule has 102 valence electrons. The highest BCUT2D eigenvalue weighted by molar-refractivity contribution is 7.63. The van der Waals surface area contributed by atoms with Gasteiger partial charge in [-0.05, 0) is 50.7 Å². The van der Waals surface area contributed by atoms with Crippen LogP contribution >= 0.6 is 7.14 Å². The second kappa shape index (κ2) is 4.83. The van der Waals surface area contributed by atoms with Crippen molar-refractivity contribution in [2.24, 2.45) is 0 Å². The van der Waals surface area contributed by atoms with Crippen molar-refractivity contribution in [3.8, 4) is 0 Å². The second-order valence-electron chi connectivity index (χ2n) is 7.40. The topological polar surface area (TPSA) is 26.3 Å². The first kappa shape index (κ1) is 15.5. The maximum atomic E-state index is 12.1. The normalized spacial score (nSPS) is 27.5. The van der Waals surface area contributed by atoms with Crippen LogP contribution in [0.15, 0.2) is 0 Å². The van der Waals surface area contributed by atoms with E-state index in [9.17, 15) is 4.57 Å². The lowest BCUT2D eigenvalue weighted by Crippen LogP contribution is -2.43. The van der Waals surface area contributed by atoms with Crippen LogP contribution in [0.4, 0.5) is 0 Å². The van der Waals surface area contributed by atoms with Crippen molar-refractivity contribution < 1.29 is 8.99 Å². The summed E-state index contributed by atoms with van der Waals surface area (Å²) < 4.78 is 18.5. The molecule has 1 fully saturated rings. The quantitative estimate of drug-likeness (QED) is 0.558. The summed E-state index contributed by atoms with van der Waals surface area (Å²) in [7, 11) is -3.57. The molecule has 0 N–H and O–H groups in total. The minimum Gasteiger partial charge on any atom is -0.414 e. The lowest BCUT2D eigenvalue weighted by atomic mass is 10.2. The Morgan fingerprint density at radius 2 is 1.71 bits per heavy atom. The molecule has 0 aromatic carbocycles. The van der Waals surface area contributed by atoms with Gasteiger partial charge in [0.25, 0.3) is 0 Å². The maximum absolute atomic E-state index is 12.1. The van der Waals surface area contributed by atoms with Crippen LogP contribution in [0.5, 0.6) is 0 Å². The van der Waals surface area contributed by atoms with Gasteiger partial charge >= 0.3 is 0 Å². The molecule has 0 aromatic heterocycles. The zero-order chi connectivity index (χ0) is 13.5. The molecule has 17 heavy (non-hydrogen) atoms. The highest BCUT2D eigenvalue weighted by Gasteiger charge is 2.42. The molecular weight excluding hydrogens is 247 g/mol. The van der Waals surface area contributed by atoms with Gasteiger partial charge in [-0.2, -0.15) is 0 Å². The van der Waals surface area contributed by atoms with Gasteiger partial charge in [0.2, 0.25) is 0 Å². The molecule has 0 spiro atoms. The summed E-state index contributed by atoms with van der Waals surface area (Å²) in [5.74, 6) is 0. The molecule has 0 bridgehead atoms. The van der Waals surface area contributed by atoms with Crippen LogP contribution in [0.3, 0.4) is 0 Å². The molecule has 1 rings (SSSR count). The van der Waals surface area contributed by atoms with Gasteiger partial charge in [0.15, 0.2) is 8.32 Å². The fraction of sp³-hybridized carbons (Fsp3) is 1.00. The van der Waals surface area contributed by atoms with Gasteiger partial charge in [-0.25, -0.2) is 0 Å². The minimum atomic E-state index is -1.92. The van der Waals surface area contributed by atoms with Crippen molar-refractivity contribution in [2.75, 3.05) is 13.3 Å². The summed E-state index contributed by atoms with van der Waals surface area (Å²) >= 11 is 0. The Kier molecular flexibility index (Phi) is 4.39. The molecule has 0 unspecified atom stereocenters. The third-order valence-electron chi connectivity index (χ3n) is 4.50. The summed E-state index contributed by atoms with van der Waals surface area (Å²) in [6, 6.07) is 0. The Bertz CT molecular complexity index is 314. The van der Waals surface area contributed by atoms with Crippen LogP contribution in [0.2, 0.25) is 18.1 Å². The van der Waals surface area contributed by atoms with Crippen LogP contribution in [0.25, 0.3) is 0 Å². The molecule has 0 aliphatic heterocycles. The molecule has 1 aliphatic rings. The Hall–Kier alpha value is 0.407. The molecule has 0 saturated heterocycles. The third kappa shape index (κ3) is 3.94. The second-order valence-corrected chi connectivity index (χ2v) is 15.8. The van der Waals surface area contributed by atoms with Gasteiger partial charge in [-0.3, -0.25) is 0 Å². The molecule has 1 saturated carbocycles. The highest BCUT2D eigenvalue weighted by Crippen LogP contribution is 2.51. The van der Waals surface area contributed by atoms with E-state index in [1.54, 1.807) is 0 Å². The zero-order valence-corrected chi connectivity index (χ0v) is 14.4. The van der Waals surface area contributed by atoms with Crippen molar-refractivity contribution in [1.82, 2.24) is 0 Å². The number of hydrogen-bond acceptors (Lipinski definition) is 2. The number of hydrogen-bond donors (Lipinski definition) is 0. The van der Waals surface area contributed by atoms with E-state index in [-0.39, 0.29) is 5.04 Å². The smallest absolute Gasteiger partial charge is 0.192 e. The van der Waals surface area contributed by atoms with Gasteiger partial charge in [-0.15, -0.1) is 0 Å². The summed E-state index contributed by atoms with van der Waals surface area (Å²) in [6.45, 7) is 15.3. The first-order valence-electron chi connectivity index (χ1n) is 6.66. The first-order chi connectivity index (χ1) is 7.43. The van der Waals surface area contributed by atoms with Gasteiger partial charge in [0, 0.05) is 11.8 Å². The van der Waals surface area contributed by atoms with Gasteiger partial charge in [-0.1, -0.05) is 20.8 Å². The SMILES string of the molecule is CC(C)(C)[Si](C)(C)O[C@@H]1CC[C@H](P(C)(C)=O)C1. The molecule has 2 atom stereocenters. The summed E-state index contributed by atoms with van der Waals surface area (Å²) in [6.07, 6.45) is 3.55. The highest BCUT2D eigenvalue weighted by atomic mass is 31.2. The van der Waals surface area contributed by atoms with E-state index in [1.165, 1.54) is 0 Å². The Morgan fingerprint density at radius 1 is 1.18 bits per heavy atom. The molecule has 0 amide bonds. The molecular formula is C13H29O2PSi. The minimum absolute atomic E-state index is 0.271. The maximum Gasteiger partial charge on any atom is 0.192 e. The molecule has 0 heterocycles. The van der Waals surface area contributed by atoms with E-state index in [0.29, 0.717) is 11.8 Å². The average molecular weight is 276 g/mol. The van der Waals surface area contributed by atoms with Crippen molar-refractivity contribution in [3.63, 3.8) is 0 Å². The summed E-state index contributed by atoms with van der Waals surface area (Å²) in [4.78, 5) is 0. The van der Waals surface area contributed by atoms with E-state index in [0.717, 1.165) is 19.3 Å². The van der Waals surface area contributed by atoms with E-state index in [2.05, 4.69) is 33.9 Å². The third-order valence-corrected chi connectivity index (χ3v) is 11.3. The van der Waals surface area contributed by atoms with Crippen molar-refractivity contribution in [3.05, 3.63) is 0 Å².